The summed E-state index contributed by atoms with van der Waals surface area (Å²) < 4.78 is 13.8. The zero-order chi connectivity index (χ0) is 15.6. The normalized spacial score (nSPS) is 22.0. The zero-order valence-electron chi connectivity index (χ0n) is 11.5. The fourth-order valence-electron chi connectivity index (χ4n) is 2.49. The lowest BCUT2D eigenvalue weighted by atomic mass is 9.92. The number of rotatable bonds is 2. The summed E-state index contributed by atoms with van der Waals surface area (Å²) in [7, 11) is 0. The van der Waals surface area contributed by atoms with E-state index in [1.165, 1.54) is 17.0 Å². The number of amides is 2. The third-order valence-corrected chi connectivity index (χ3v) is 3.97. The van der Waals surface area contributed by atoms with Gasteiger partial charge in [-0.2, -0.15) is 0 Å². The first-order valence-electron chi connectivity index (χ1n) is 6.64. The molecule has 0 aliphatic carbocycles. The van der Waals surface area contributed by atoms with E-state index < -0.39 is 23.7 Å². The summed E-state index contributed by atoms with van der Waals surface area (Å²) in [5.41, 5.74) is 0.0139. The van der Waals surface area contributed by atoms with E-state index in [4.69, 9.17) is 16.7 Å². The van der Waals surface area contributed by atoms with Crippen LogP contribution in [0.15, 0.2) is 18.2 Å². The Balaban J connectivity index is 2.04. The minimum absolute atomic E-state index is 0.0139. The van der Waals surface area contributed by atoms with Crippen molar-refractivity contribution in [2.24, 2.45) is 5.92 Å². The molecule has 1 aromatic rings. The lowest BCUT2D eigenvalue weighted by molar-refractivity contribution is -0.143. The molecule has 1 aliphatic heterocycles. The molecule has 1 heterocycles. The van der Waals surface area contributed by atoms with Crippen molar-refractivity contribution in [1.82, 2.24) is 4.90 Å². The maximum Gasteiger partial charge on any atom is 0.322 e. The van der Waals surface area contributed by atoms with E-state index in [9.17, 15) is 14.0 Å². The molecule has 2 N–H and O–H groups in total. The second kappa shape index (κ2) is 6.30. The monoisotopic (exact) mass is 314 g/mol. The summed E-state index contributed by atoms with van der Waals surface area (Å²) in [4.78, 5) is 24.7. The van der Waals surface area contributed by atoms with Crippen LogP contribution in [0.1, 0.15) is 19.8 Å². The van der Waals surface area contributed by atoms with Gasteiger partial charge in [0.2, 0.25) is 0 Å². The van der Waals surface area contributed by atoms with Gasteiger partial charge in [-0.05, 0) is 31.9 Å². The topological polar surface area (TPSA) is 69.6 Å². The van der Waals surface area contributed by atoms with Crippen molar-refractivity contribution in [3.63, 3.8) is 0 Å². The number of hydrogen-bond acceptors (Lipinski definition) is 2. The molecule has 5 nitrogen and oxygen atoms in total. The maximum absolute atomic E-state index is 13.8. The van der Waals surface area contributed by atoms with Crippen molar-refractivity contribution in [3.05, 3.63) is 29.0 Å². The van der Waals surface area contributed by atoms with Crippen molar-refractivity contribution in [1.29, 1.82) is 0 Å². The van der Waals surface area contributed by atoms with Crippen LogP contribution in [0.25, 0.3) is 0 Å². The molecule has 0 radical (unpaired) electrons. The van der Waals surface area contributed by atoms with Crippen LogP contribution in [-0.4, -0.2) is 34.6 Å². The van der Waals surface area contributed by atoms with E-state index in [2.05, 4.69) is 5.32 Å². The van der Waals surface area contributed by atoms with E-state index >= 15 is 0 Å². The third kappa shape index (κ3) is 3.44. The fraction of sp³-hybridized carbons (Fsp3) is 0.429. The zero-order valence-corrected chi connectivity index (χ0v) is 12.2. The average molecular weight is 315 g/mol. The Morgan fingerprint density at radius 1 is 1.48 bits per heavy atom. The molecular weight excluding hydrogens is 299 g/mol. The number of nitrogens with zero attached hydrogens (tertiary/aromatic N) is 1. The standard InChI is InChI=1S/C14H16ClFN2O3/c1-8-7-9(13(19)20)5-6-18(8)14(21)17-11-4-2-3-10(15)12(11)16/h2-4,8-9H,5-7H2,1H3,(H,17,21)(H,19,20). The van der Waals surface area contributed by atoms with E-state index in [0.717, 1.165) is 0 Å². The van der Waals surface area contributed by atoms with Crippen LogP contribution >= 0.6 is 11.6 Å². The number of benzene rings is 1. The molecule has 0 aromatic heterocycles. The molecular formula is C14H16ClFN2O3. The van der Waals surface area contributed by atoms with Crippen LogP contribution in [0.2, 0.25) is 5.02 Å². The molecule has 0 saturated carbocycles. The second-order valence-electron chi connectivity index (χ2n) is 5.13. The van der Waals surface area contributed by atoms with E-state index in [0.29, 0.717) is 19.4 Å². The smallest absolute Gasteiger partial charge is 0.322 e. The van der Waals surface area contributed by atoms with Gasteiger partial charge in [0.25, 0.3) is 0 Å². The maximum atomic E-state index is 13.8. The minimum Gasteiger partial charge on any atom is -0.481 e. The average Bonchev–Trinajstić information content (AvgIpc) is 2.43. The number of nitrogens with one attached hydrogen (secondary N) is 1. The number of piperidine rings is 1. The lowest BCUT2D eigenvalue weighted by Crippen LogP contribution is -2.47. The Morgan fingerprint density at radius 2 is 2.19 bits per heavy atom. The highest BCUT2D eigenvalue weighted by atomic mass is 35.5. The van der Waals surface area contributed by atoms with Gasteiger partial charge in [0.1, 0.15) is 0 Å². The summed E-state index contributed by atoms with van der Waals surface area (Å²) >= 11 is 5.66. The molecule has 2 unspecified atom stereocenters. The summed E-state index contributed by atoms with van der Waals surface area (Å²) in [6.45, 7) is 2.11. The molecule has 1 fully saturated rings. The minimum atomic E-state index is -0.845. The van der Waals surface area contributed by atoms with Gasteiger partial charge in [0.15, 0.2) is 5.82 Å². The van der Waals surface area contributed by atoms with Crippen molar-refractivity contribution in [2.45, 2.75) is 25.8 Å². The van der Waals surface area contributed by atoms with Crippen LogP contribution < -0.4 is 5.32 Å². The highest BCUT2D eigenvalue weighted by Gasteiger charge is 2.32. The molecule has 2 atom stereocenters. The molecule has 2 amide bonds. The molecule has 1 aromatic carbocycles. The number of urea groups is 1. The molecule has 1 aliphatic rings. The fourth-order valence-corrected chi connectivity index (χ4v) is 2.66. The SMILES string of the molecule is CC1CC(C(=O)O)CCN1C(=O)Nc1cccc(Cl)c1F. The summed E-state index contributed by atoms with van der Waals surface area (Å²) in [5.74, 6) is -1.96. The Bertz CT molecular complexity index is 567. The van der Waals surface area contributed by atoms with Gasteiger partial charge in [0, 0.05) is 12.6 Å². The van der Waals surface area contributed by atoms with Crippen molar-refractivity contribution < 1.29 is 19.1 Å². The Kier molecular flexibility index (Phi) is 4.67. The number of carbonyl (C=O) groups excluding carboxylic acids is 1. The van der Waals surface area contributed by atoms with E-state index in [-0.39, 0.29) is 16.8 Å². The predicted molar refractivity (Wildman–Crippen MR) is 77.0 cm³/mol. The first-order chi connectivity index (χ1) is 9.90. The summed E-state index contributed by atoms with van der Waals surface area (Å²) in [6, 6.07) is 3.69. The molecule has 2 rings (SSSR count). The molecule has 0 spiro atoms. The van der Waals surface area contributed by atoms with Gasteiger partial charge in [0.05, 0.1) is 16.6 Å². The second-order valence-corrected chi connectivity index (χ2v) is 5.54. The van der Waals surface area contributed by atoms with E-state index in [1.54, 1.807) is 13.0 Å². The van der Waals surface area contributed by atoms with Gasteiger partial charge in [-0.25, -0.2) is 9.18 Å². The highest BCUT2D eigenvalue weighted by molar-refractivity contribution is 6.31. The summed E-state index contributed by atoms with van der Waals surface area (Å²) in [6.07, 6.45) is 0.784. The predicted octanol–water partition coefficient (Wildman–Crippen LogP) is 3.20. The summed E-state index contributed by atoms with van der Waals surface area (Å²) in [5, 5.41) is 11.4. The van der Waals surface area contributed by atoms with Gasteiger partial charge < -0.3 is 15.3 Å². The highest BCUT2D eigenvalue weighted by Crippen LogP contribution is 2.26. The van der Waals surface area contributed by atoms with Crippen LogP contribution in [0.4, 0.5) is 14.9 Å². The van der Waals surface area contributed by atoms with Crippen molar-refractivity contribution in [2.75, 3.05) is 11.9 Å². The van der Waals surface area contributed by atoms with Crippen LogP contribution in [-0.2, 0) is 4.79 Å². The van der Waals surface area contributed by atoms with Crippen molar-refractivity contribution >= 4 is 29.3 Å². The first kappa shape index (κ1) is 15.6. The van der Waals surface area contributed by atoms with Gasteiger partial charge in [-0.1, -0.05) is 17.7 Å². The number of aliphatic carboxylic acids is 1. The quantitative estimate of drug-likeness (QED) is 0.880. The molecule has 114 valence electrons. The number of anilines is 1. The Hall–Kier alpha value is -1.82. The molecule has 21 heavy (non-hydrogen) atoms. The molecule has 7 heteroatoms. The number of carboxylic acids is 1. The molecule has 1 saturated heterocycles. The number of carbonyl (C=O) groups is 2. The van der Waals surface area contributed by atoms with E-state index in [1.807, 2.05) is 0 Å². The van der Waals surface area contributed by atoms with Crippen LogP contribution in [0.5, 0.6) is 0 Å². The number of halogens is 2. The van der Waals surface area contributed by atoms with Gasteiger partial charge in [-0.15, -0.1) is 0 Å². The lowest BCUT2D eigenvalue weighted by Gasteiger charge is -2.36. The number of carboxylic acid groups (broad SMARTS) is 1. The van der Waals surface area contributed by atoms with Crippen molar-refractivity contribution in [3.8, 4) is 0 Å². The molecule has 0 bridgehead atoms. The van der Waals surface area contributed by atoms with Gasteiger partial charge >= 0.3 is 12.0 Å². The Labute approximate surface area is 126 Å². The van der Waals surface area contributed by atoms with Gasteiger partial charge in [-0.3, -0.25) is 4.79 Å². The number of likely N-dealkylation sites (tertiary alicyclic amines) is 1. The van der Waals surface area contributed by atoms with Crippen LogP contribution in [0.3, 0.4) is 0 Å². The van der Waals surface area contributed by atoms with Crippen LogP contribution in [0, 0.1) is 11.7 Å². The largest absolute Gasteiger partial charge is 0.481 e. The Morgan fingerprint density at radius 3 is 2.81 bits per heavy atom. The third-order valence-electron chi connectivity index (χ3n) is 3.68. The number of hydrogen-bond donors (Lipinski definition) is 2. The first-order valence-corrected chi connectivity index (χ1v) is 7.02.